The predicted octanol–water partition coefficient (Wildman–Crippen LogP) is 0.840. The van der Waals surface area contributed by atoms with Crippen LogP contribution in [0.15, 0.2) is 11.4 Å². The third-order valence-electron chi connectivity index (χ3n) is 1.09. The molecule has 17 heavy (non-hydrogen) atoms. The van der Waals surface area contributed by atoms with Gasteiger partial charge in [0.15, 0.2) is 0 Å². The van der Waals surface area contributed by atoms with Crippen LogP contribution in [0.3, 0.4) is 0 Å². The fourth-order valence-electron chi connectivity index (χ4n) is 0.397. The van der Waals surface area contributed by atoms with Crippen LogP contribution in [0.1, 0.15) is 6.92 Å². The molecule has 0 rings (SSSR count). The van der Waals surface area contributed by atoms with Crippen LogP contribution in [-0.2, 0) is 164 Å². The number of nitrogens with zero attached hydrogens (tertiary/aromatic N) is 1. The molecule has 0 heterocycles. The Kier molecular flexibility index (Phi) is 94.4. The van der Waals surface area contributed by atoms with Gasteiger partial charge in [0.05, 0.1) is 0 Å². The molecule has 0 atom stereocenters. The molecule has 0 aliphatic carbocycles. The topological polar surface area (TPSA) is 27.0 Å². The van der Waals surface area contributed by atoms with Crippen molar-refractivity contribution in [3.8, 4) is 0 Å². The van der Waals surface area contributed by atoms with Gasteiger partial charge in [-0.2, -0.15) is 0 Å². The maximum atomic E-state index is 7.51. The summed E-state index contributed by atoms with van der Waals surface area (Å²) in [5.41, 5.74) is 8.47. The van der Waals surface area contributed by atoms with Crippen molar-refractivity contribution in [1.29, 1.82) is 0 Å². The molecule has 2 nitrogen and oxygen atoms in total. The Morgan fingerprint density at radius 3 is 1.41 bits per heavy atom. The number of rotatable bonds is 3. The van der Waals surface area contributed by atoms with Crippen molar-refractivity contribution in [3.05, 3.63) is 17.1 Å². The summed E-state index contributed by atoms with van der Waals surface area (Å²) in [4.78, 5) is 3.55. The summed E-state index contributed by atoms with van der Waals surface area (Å²) in [6.07, 6.45) is 0. The van der Waals surface area contributed by atoms with E-state index in [1.807, 2.05) is 18.7 Å². The van der Waals surface area contributed by atoms with Gasteiger partial charge in [-0.1, -0.05) is 0 Å². The van der Waals surface area contributed by atoms with E-state index < -0.39 is 0 Å². The van der Waals surface area contributed by atoms with Gasteiger partial charge < -0.3 is 0 Å². The monoisotopic (exact) mass is 568 g/mol. The normalized spacial score (nSPS) is 6.82. The predicted molar refractivity (Wildman–Crippen MR) is 36.9 cm³/mol. The van der Waals surface area contributed by atoms with E-state index in [1.165, 1.54) is 0 Å². The molecule has 89 valence electrons. The Balaban J connectivity index is -0.0000000193. The van der Waals surface area contributed by atoms with Crippen molar-refractivity contribution in [2.75, 3.05) is 7.05 Å². The Bertz CT molecular complexity index is 184. The van der Waals surface area contributed by atoms with Crippen molar-refractivity contribution < 1.29 is 164 Å². The summed E-state index contributed by atoms with van der Waals surface area (Å²) in [7, 11) is 1.85. The minimum atomic E-state index is 0. The molecule has 0 bridgehead atoms. The van der Waals surface area contributed by atoms with Gasteiger partial charge in [-0.05, 0) is 0 Å². The molecule has 0 saturated carbocycles. The fourth-order valence-corrected chi connectivity index (χ4v) is 0.768. The zero-order valence-electron chi connectivity index (χ0n) is 9.13. The number of hydrogen-bond donors (Lipinski definition) is 0. The van der Waals surface area contributed by atoms with E-state index in [1.54, 1.807) is 9.75 Å². The summed E-state index contributed by atoms with van der Waals surface area (Å²) < 4.78 is 1.86. The molecule has 1 N–H and O–H groups in total. The van der Waals surface area contributed by atoms with Crippen molar-refractivity contribution in [2.45, 2.75) is 6.92 Å². The van der Waals surface area contributed by atoms with Crippen molar-refractivity contribution in [1.82, 2.24) is 4.90 Å². The molecule has 0 spiro atoms. The third kappa shape index (κ3) is 25.6. The second-order valence-electron chi connectivity index (χ2n) is 1.89. The van der Waals surface area contributed by atoms with Gasteiger partial charge in [-0.3, -0.25) is 0 Å². The van der Waals surface area contributed by atoms with E-state index in [9.17, 15) is 0 Å². The Morgan fingerprint density at radius 1 is 0.941 bits per heavy atom. The van der Waals surface area contributed by atoms with Gasteiger partial charge in [-0.15, -0.1) is 0 Å². The van der Waals surface area contributed by atoms with E-state index in [0.717, 1.165) is 5.57 Å². The molecule has 0 fully saturated rings. The van der Waals surface area contributed by atoms with E-state index >= 15 is 0 Å². The van der Waals surface area contributed by atoms with Crippen molar-refractivity contribution >= 4 is 9.58 Å². The molecular formula is C6H9N2V9-. The minimum absolute atomic E-state index is 0. The molecule has 0 unspecified atom stereocenters. The first-order chi connectivity index (χ1) is 4.63. The first kappa shape index (κ1) is 49.6. The van der Waals surface area contributed by atoms with Crippen LogP contribution in [0.25, 0.3) is 5.73 Å². The van der Waals surface area contributed by atoms with Crippen LogP contribution in [-0.4, -0.2) is 21.5 Å². The SMILES string of the molecule is C/C([CH]=[V])=C(/[NH-])N(C)[CH]=[V].[V].[V].[V].[V].[V].[V].[V]. The van der Waals surface area contributed by atoms with Gasteiger partial charge in [0.1, 0.15) is 0 Å². The largest absolute Gasteiger partial charge is 0 e. The zero-order chi connectivity index (χ0) is 8.15. The average Bonchev–Trinajstić information content (AvgIpc) is 2.00. The van der Waals surface area contributed by atoms with Crippen LogP contribution in [0, 0.1) is 0 Å². The summed E-state index contributed by atoms with van der Waals surface area (Å²) in [6.45, 7) is 1.91. The van der Waals surface area contributed by atoms with Gasteiger partial charge >= 0.3 is 79.5 Å². The van der Waals surface area contributed by atoms with Gasteiger partial charge in [0.25, 0.3) is 0 Å². The summed E-state index contributed by atoms with van der Waals surface area (Å²) in [5.74, 6) is 0.529. The molecule has 7 radical (unpaired) electrons. The Morgan fingerprint density at radius 2 is 1.24 bits per heavy atom. The summed E-state index contributed by atoms with van der Waals surface area (Å²) in [6, 6.07) is 0. The molecule has 0 aliphatic heterocycles. The van der Waals surface area contributed by atoms with E-state index in [-0.39, 0.29) is 130 Å². The van der Waals surface area contributed by atoms with Crippen molar-refractivity contribution in [3.63, 3.8) is 0 Å². The smallest absolute Gasteiger partial charge is 0 e. The molecule has 0 aromatic heterocycles. The van der Waals surface area contributed by atoms with Crippen LogP contribution in [0.5, 0.6) is 0 Å². The van der Waals surface area contributed by atoms with Gasteiger partial charge in [-0.25, -0.2) is 0 Å². The molecule has 0 saturated heterocycles. The second-order valence-corrected chi connectivity index (χ2v) is 2.65. The Hall–Kier alpha value is 4.34. The van der Waals surface area contributed by atoms with Gasteiger partial charge in [0, 0.05) is 130 Å². The zero-order valence-corrected chi connectivity index (χ0v) is 21.7. The first-order valence-corrected chi connectivity index (χ1v) is 4.35. The maximum Gasteiger partial charge on any atom is 0 e. The van der Waals surface area contributed by atoms with Crippen LogP contribution >= 0.6 is 0 Å². The number of allylic oxidation sites excluding steroid dienone is 1. The summed E-state index contributed by atoms with van der Waals surface area (Å²) in [5, 5.41) is 0. The average molecular weight is 568 g/mol. The molecule has 0 aromatic rings. The molecule has 11 heteroatoms. The standard InChI is InChI=1S/C6H9N2.9V/c1-5(2)6(7)8(3)4;;;;;;;;;/h1,3,7H,2,4H3;;;;;;;;;/q-1;;;;;;;;;/b6-5-;;;;;;;;;. The molecule has 0 aromatic carbocycles. The number of hydrogen-bond acceptors (Lipinski definition) is 1. The van der Waals surface area contributed by atoms with E-state index in [4.69, 9.17) is 5.73 Å². The van der Waals surface area contributed by atoms with Crippen molar-refractivity contribution in [2.24, 2.45) is 0 Å². The maximum absolute atomic E-state index is 7.51. The molecule has 0 aliphatic rings. The van der Waals surface area contributed by atoms with E-state index in [0.29, 0.717) is 5.82 Å². The van der Waals surface area contributed by atoms with Gasteiger partial charge in [0.2, 0.25) is 0 Å². The first-order valence-electron chi connectivity index (χ1n) is 2.73. The third-order valence-corrected chi connectivity index (χ3v) is 2.24. The van der Waals surface area contributed by atoms with Crippen LogP contribution in [0.4, 0.5) is 0 Å². The number of nitrogens with one attached hydrogen (secondary N) is 1. The Labute approximate surface area is 206 Å². The quantitative estimate of drug-likeness (QED) is 0.497. The second kappa shape index (κ2) is 32.3. The molecular weight excluding hydrogens is 559 g/mol. The fraction of sp³-hybridized carbons (Fsp3) is 0.333. The van der Waals surface area contributed by atoms with Crippen LogP contribution < -0.4 is 0 Å². The summed E-state index contributed by atoms with van der Waals surface area (Å²) >= 11 is 4.66. The minimum Gasteiger partial charge on any atom is 0 e. The van der Waals surface area contributed by atoms with E-state index in [2.05, 4.69) is 34.0 Å². The van der Waals surface area contributed by atoms with Crippen LogP contribution in [0.2, 0.25) is 0 Å². The molecule has 0 amide bonds.